The SMILES string of the molecule is O[C@]1(c2ccccc2)C[C@H]2CCC[C@H]2C1. The first-order valence-corrected chi connectivity index (χ1v) is 6.06. The highest BCUT2D eigenvalue weighted by molar-refractivity contribution is 5.24. The Bertz CT molecular complexity index is 332. The van der Waals surface area contributed by atoms with Crippen LogP contribution in [0.5, 0.6) is 0 Å². The third-order valence-electron chi connectivity index (χ3n) is 4.33. The molecule has 0 saturated heterocycles. The van der Waals surface area contributed by atoms with E-state index in [0.717, 1.165) is 30.2 Å². The van der Waals surface area contributed by atoms with Gasteiger partial charge in [-0.3, -0.25) is 0 Å². The second-order valence-corrected chi connectivity index (χ2v) is 5.26. The fraction of sp³-hybridized carbons (Fsp3) is 0.571. The van der Waals surface area contributed by atoms with E-state index in [9.17, 15) is 5.11 Å². The lowest BCUT2D eigenvalue weighted by Crippen LogP contribution is -2.22. The van der Waals surface area contributed by atoms with Gasteiger partial charge in [0.15, 0.2) is 0 Å². The van der Waals surface area contributed by atoms with Gasteiger partial charge in [0, 0.05) is 0 Å². The van der Waals surface area contributed by atoms with Gasteiger partial charge in [0.25, 0.3) is 0 Å². The number of hydrogen-bond acceptors (Lipinski definition) is 1. The zero-order valence-corrected chi connectivity index (χ0v) is 9.02. The Labute approximate surface area is 91.1 Å². The van der Waals surface area contributed by atoms with Crippen molar-refractivity contribution in [3.8, 4) is 0 Å². The van der Waals surface area contributed by atoms with E-state index >= 15 is 0 Å². The number of fused-ring (bicyclic) bond motifs is 1. The average molecular weight is 202 g/mol. The predicted molar refractivity (Wildman–Crippen MR) is 60.4 cm³/mol. The van der Waals surface area contributed by atoms with Crippen LogP contribution in [0.25, 0.3) is 0 Å². The molecular formula is C14H18O. The molecule has 2 fully saturated rings. The summed E-state index contributed by atoms with van der Waals surface area (Å²) in [7, 11) is 0. The van der Waals surface area contributed by atoms with Crippen molar-refractivity contribution in [2.75, 3.05) is 0 Å². The minimum absolute atomic E-state index is 0.517. The van der Waals surface area contributed by atoms with Crippen LogP contribution in [0.2, 0.25) is 0 Å². The summed E-state index contributed by atoms with van der Waals surface area (Å²) in [6.07, 6.45) is 6.02. The van der Waals surface area contributed by atoms with E-state index < -0.39 is 5.60 Å². The lowest BCUT2D eigenvalue weighted by Gasteiger charge is -2.24. The van der Waals surface area contributed by atoms with Crippen molar-refractivity contribution in [1.82, 2.24) is 0 Å². The fourth-order valence-corrected chi connectivity index (χ4v) is 3.59. The summed E-state index contributed by atoms with van der Waals surface area (Å²) in [5.74, 6) is 1.57. The standard InChI is InChI=1S/C14H18O/c15-14(13-7-2-1-3-8-13)9-11-5-4-6-12(11)10-14/h1-3,7-8,11-12,15H,4-6,9-10H2/t11-,12+,14-. The zero-order valence-electron chi connectivity index (χ0n) is 9.02. The minimum Gasteiger partial charge on any atom is -0.385 e. The molecule has 80 valence electrons. The Morgan fingerprint density at radius 2 is 1.60 bits per heavy atom. The van der Waals surface area contributed by atoms with E-state index in [4.69, 9.17) is 0 Å². The van der Waals surface area contributed by atoms with E-state index in [-0.39, 0.29) is 0 Å². The van der Waals surface area contributed by atoms with Crippen molar-refractivity contribution in [2.24, 2.45) is 11.8 Å². The molecule has 0 aliphatic heterocycles. The molecule has 2 aliphatic rings. The second kappa shape index (κ2) is 3.34. The topological polar surface area (TPSA) is 20.2 Å². The van der Waals surface area contributed by atoms with Crippen molar-refractivity contribution in [1.29, 1.82) is 0 Å². The summed E-state index contributed by atoms with van der Waals surface area (Å²) in [6.45, 7) is 0. The molecule has 0 radical (unpaired) electrons. The first-order chi connectivity index (χ1) is 7.28. The van der Waals surface area contributed by atoms with Crippen LogP contribution in [0, 0.1) is 11.8 Å². The van der Waals surface area contributed by atoms with Gasteiger partial charge < -0.3 is 5.11 Å². The molecule has 3 rings (SSSR count). The van der Waals surface area contributed by atoms with Crippen LogP contribution in [0.4, 0.5) is 0 Å². The summed E-state index contributed by atoms with van der Waals surface area (Å²) >= 11 is 0. The second-order valence-electron chi connectivity index (χ2n) is 5.26. The largest absolute Gasteiger partial charge is 0.385 e. The van der Waals surface area contributed by atoms with E-state index in [1.165, 1.54) is 19.3 Å². The monoisotopic (exact) mass is 202 g/mol. The van der Waals surface area contributed by atoms with E-state index in [1.807, 2.05) is 18.2 Å². The maximum absolute atomic E-state index is 10.7. The molecule has 0 heterocycles. The van der Waals surface area contributed by atoms with Crippen LogP contribution in [0.1, 0.15) is 37.7 Å². The molecule has 15 heavy (non-hydrogen) atoms. The molecular weight excluding hydrogens is 184 g/mol. The summed E-state index contributed by atoms with van der Waals surface area (Å²) in [5.41, 5.74) is 0.608. The highest BCUT2D eigenvalue weighted by Crippen LogP contribution is 2.52. The highest BCUT2D eigenvalue weighted by atomic mass is 16.3. The van der Waals surface area contributed by atoms with Crippen molar-refractivity contribution in [3.05, 3.63) is 35.9 Å². The first-order valence-electron chi connectivity index (χ1n) is 6.06. The van der Waals surface area contributed by atoms with E-state index in [1.54, 1.807) is 0 Å². The van der Waals surface area contributed by atoms with Crippen LogP contribution in [0.15, 0.2) is 30.3 Å². The third-order valence-corrected chi connectivity index (χ3v) is 4.33. The smallest absolute Gasteiger partial charge is 0.0902 e. The lowest BCUT2D eigenvalue weighted by atomic mass is 9.90. The van der Waals surface area contributed by atoms with Gasteiger partial charge in [-0.1, -0.05) is 49.6 Å². The Hall–Kier alpha value is -0.820. The van der Waals surface area contributed by atoms with Crippen molar-refractivity contribution < 1.29 is 5.11 Å². The maximum atomic E-state index is 10.7. The van der Waals surface area contributed by atoms with E-state index in [2.05, 4.69) is 12.1 Å². The van der Waals surface area contributed by atoms with Crippen LogP contribution >= 0.6 is 0 Å². The third kappa shape index (κ3) is 1.50. The molecule has 1 nitrogen and oxygen atoms in total. The predicted octanol–water partition coefficient (Wildman–Crippen LogP) is 3.08. The van der Waals surface area contributed by atoms with Gasteiger partial charge >= 0.3 is 0 Å². The molecule has 2 saturated carbocycles. The average Bonchev–Trinajstić information content (AvgIpc) is 2.78. The summed E-state index contributed by atoms with van der Waals surface area (Å²) in [4.78, 5) is 0. The molecule has 0 unspecified atom stereocenters. The highest BCUT2D eigenvalue weighted by Gasteiger charge is 2.46. The molecule has 0 aromatic heterocycles. The molecule has 1 N–H and O–H groups in total. The molecule has 1 aromatic carbocycles. The van der Waals surface area contributed by atoms with Gasteiger partial charge in [-0.25, -0.2) is 0 Å². The Kier molecular flexibility index (Phi) is 2.10. The van der Waals surface area contributed by atoms with Gasteiger partial charge in [-0.05, 0) is 30.2 Å². The summed E-state index contributed by atoms with van der Waals surface area (Å²) in [6, 6.07) is 10.2. The van der Waals surface area contributed by atoms with Gasteiger partial charge in [-0.2, -0.15) is 0 Å². The van der Waals surface area contributed by atoms with Crippen molar-refractivity contribution in [3.63, 3.8) is 0 Å². The lowest BCUT2D eigenvalue weighted by molar-refractivity contribution is 0.0351. The van der Waals surface area contributed by atoms with Crippen molar-refractivity contribution in [2.45, 2.75) is 37.7 Å². The molecule has 0 bridgehead atoms. The van der Waals surface area contributed by atoms with Crippen LogP contribution in [-0.2, 0) is 5.60 Å². The quantitative estimate of drug-likeness (QED) is 0.742. The van der Waals surface area contributed by atoms with Crippen LogP contribution in [-0.4, -0.2) is 5.11 Å². The summed E-state index contributed by atoms with van der Waals surface area (Å²) in [5, 5.41) is 10.7. The maximum Gasteiger partial charge on any atom is 0.0902 e. The number of aliphatic hydroxyl groups is 1. The van der Waals surface area contributed by atoms with Crippen LogP contribution in [0.3, 0.4) is 0 Å². The van der Waals surface area contributed by atoms with E-state index in [0.29, 0.717) is 0 Å². The van der Waals surface area contributed by atoms with Gasteiger partial charge in [0.05, 0.1) is 5.60 Å². The number of hydrogen-bond donors (Lipinski definition) is 1. The first kappa shape index (κ1) is 9.41. The normalized spacial score (nSPS) is 39.3. The van der Waals surface area contributed by atoms with Gasteiger partial charge in [0.2, 0.25) is 0 Å². The molecule has 2 aliphatic carbocycles. The fourth-order valence-electron chi connectivity index (χ4n) is 3.59. The zero-order chi connectivity index (χ0) is 10.3. The Balaban J connectivity index is 1.87. The molecule has 1 aromatic rings. The Morgan fingerprint density at radius 3 is 2.20 bits per heavy atom. The minimum atomic E-state index is -0.517. The number of benzene rings is 1. The molecule has 3 atom stereocenters. The van der Waals surface area contributed by atoms with Crippen molar-refractivity contribution >= 4 is 0 Å². The molecule has 0 amide bonds. The van der Waals surface area contributed by atoms with Gasteiger partial charge in [-0.15, -0.1) is 0 Å². The van der Waals surface area contributed by atoms with Crippen LogP contribution < -0.4 is 0 Å². The Morgan fingerprint density at radius 1 is 1.00 bits per heavy atom. The molecule has 1 heteroatoms. The van der Waals surface area contributed by atoms with Gasteiger partial charge in [0.1, 0.15) is 0 Å². The summed E-state index contributed by atoms with van der Waals surface area (Å²) < 4.78 is 0. The number of rotatable bonds is 1. The molecule has 0 spiro atoms.